The molecule has 0 aromatic rings. The van der Waals surface area contributed by atoms with Crippen LogP contribution in [0.5, 0.6) is 0 Å². The van der Waals surface area contributed by atoms with E-state index in [1.54, 1.807) is 34.7 Å². The van der Waals surface area contributed by atoms with Gasteiger partial charge in [0.15, 0.2) is 0 Å². The molecule has 0 unspecified atom stereocenters. The summed E-state index contributed by atoms with van der Waals surface area (Å²) in [7, 11) is 3.48. The van der Waals surface area contributed by atoms with Gasteiger partial charge in [0.05, 0.1) is 12.6 Å². The van der Waals surface area contributed by atoms with E-state index in [0.29, 0.717) is 31.5 Å². The van der Waals surface area contributed by atoms with Crippen molar-refractivity contribution < 1.29 is 19.2 Å². The van der Waals surface area contributed by atoms with E-state index in [1.165, 1.54) is 0 Å². The van der Waals surface area contributed by atoms with E-state index >= 15 is 0 Å². The van der Waals surface area contributed by atoms with Crippen molar-refractivity contribution in [2.45, 2.75) is 71.9 Å². The molecular weight excluding hydrogens is 396 g/mol. The first kappa shape index (κ1) is 26.7. The number of carbonyl (C=O) groups excluding carboxylic acids is 4. The Kier molecular flexibility index (Phi) is 11.3. The van der Waals surface area contributed by atoms with Gasteiger partial charge in [0.25, 0.3) is 0 Å². The zero-order valence-electron chi connectivity index (χ0n) is 20.0. The number of amides is 4. The molecule has 4 amide bonds. The second-order valence-corrected chi connectivity index (χ2v) is 8.71. The highest BCUT2D eigenvalue weighted by atomic mass is 16.2. The van der Waals surface area contributed by atoms with Crippen molar-refractivity contribution in [3.63, 3.8) is 0 Å². The summed E-state index contributed by atoms with van der Waals surface area (Å²) in [4.78, 5) is 53.9. The molecule has 0 saturated carbocycles. The quantitative estimate of drug-likeness (QED) is 0.287. The number of hydrogen-bond acceptors (Lipinski definition) is 4. The van der Waals surface area contributed by atoms with E-state index in [4.69, 9.17) is 0 Å². The number of nitrogens with one attached hydrogen (secondary N) is 1. The van der Waals surface area contributed by atoms with E-state index in [-0.39, 0.29) is 36.2 Å². The summed E-state index contributed by atoms with van der Waals surface area (Å²) < 4.78 is 0. The standard InChI is InChI=1S/C23H40N4O4/c1-7-8-9-12-25(5)23(31)19-11-10-13-27(19)22(30)18(4)14-20(17(2)3)26(6)21(29)15-24-16-28/h14,16-17,19-20H,7-13,15H2,1-6H3,(H,24,28)/b18-14+/t19-,20+/m0/s1. The summed E-state index contributed by atoms with van der Waals surface area (Å²) >= 11 is 0. The van der Waals surface area contributed by atoms with E-state index in [9.17, 15) is 19.2 Å². The molecule has 1 heterocycles. The molecule has 1 aliphatic heterocycles. The van der Waals surface area contributed by atoms with Crippen LogP contribution < -0.4 is 5.32 Å². The van der Waals surface area contributed by atoms with Gasteiger partial charge in [-0.3, -0.25) is 19.2 Å². The summed E-state index contributed by atoms with van der Waals surface area (Å²) in [5.74, 6) is -0.309. The molecule has 0 aliphatic carbocycles. The highest BCUT2D eigenvalue weighted by Gasteiger charge is 2.36. The number of unbranched alkanes of at least 4 members (excludes halogenated alkanes) is 2. The molecule has 1 aliphatic rings. The number of likely N-dealkylation sites (N-methyl/N-ethyl adjacent to an activating group) is 2. The third kappa shape index (κ3) is 7.67. The molecule has 0 aromatic heterocycles. The molecule has 8 nitrogen and oxygen atoms in total. The molecule has 1 saturated heterocycles. The molecular formula is C23H40N4O4. The average Bonchev–Trinajstić information content (AvgIpc) is 3.23. The summed E-state index contributed by atoms with van der Waals surface area (Å²) in [6, 6.07) is -0.713. The van der Waals surface area contributed by atoms with Gasteiger partial charge in [-0.2, -0.15) is 0 Å². The van der Waals surface area contributed by atoms with Gasteiger partial charge >= 0.3 is 0 Å². The van der Waals surface area contributed by atoms with Crippen molar-refractivity contribution in [3.8, 4) is 0 Å². The Bertz CT molecular complexity index is 662. The Morgan fingerprint density at radius 2 is 1.87 bits per heavy atom. The van der Waals surface area contributed by atoms with Crippen molar-refractivity contribution in [2.75, 3.05) is 33.7 Å². The molecule has 2 atom stereocenters. The number of hydrogen-bond donors (Lipinski definition) is 1. The minimum Gasteiger partial charge on any atom is -0.350 e. The minimum atomic E-state index is -0.420. The number of carbonyl (C=O) groups is 4. The molecule has 0 aromatic carbocycles. The third-order valence-corrected chi connectivity index (χ3v) is 5.89. The average molecular weight is 437 g/mol. The van der Waals surface area contributed by atoms with Crippen molar-refractivity contribution in [3.05, 3.63) is 11.6 Å². The minimum absolute atomic E-state index is 0.00222. The summed E-state index contributed by atoms with van der Waals surface area (Å²) in [5, 5.41) is 2.38. The van der Waals surface area contributed by atoms with Gasteiger partial charge in [0, 0.05) is 32.8 Å². The van der Waals surface area contributed by atoms with Gasteiger partial charge in [0.2, 0.25) is 24.1 Å². The van der Waals surface area contributed by atoms with Gasteiger partial charge in [-0.05, 0) is 32.1 Å². The van der Waals surface area contributed by atoms with Crippen LogP contribution in [0, 0.1) is 5.92 Å². The van der Waals surface area contributed by atoms with E-state index < -0.39 is 6.04 Å². The maximum Gasteiger partial charge on any atom is 0.249 e. The topological polar surface area (TPSA) is 90.0 Å². The lowest BCUT2D eigenvalue weighted by Gasteiger charge is -2.31. The summed E-state index contributed by atoms with van der Waals surface area (Å²) in [5.41, 5.74) is 0.523. The fourth-order valence-electron chi connectivity index (χ4n) is 3.96. The lowest BCUT2D eigenvalue weighted by Crippen LogP contribution is -2.47. The van der Waals surface area contributed by atoms with Crippen LogP contribution in [0.25, 0.3) is 0 Å². The van der Waals surface area contributed by atoms with Gasteiger partial charge in [-0.15, -0.1) is 0 Å². The monoisotopic (exact) mass is 436 g/mol. The predicted molar refractivity (Wildman–Crippen MR) is 121 cm³/mol. The van der Waals surface area contributed by atoms with Gasteiger partial charge in [-0.25, -0.2) is 0 Å². The molecule has 0 bridgehead atoms. The maximum atomic E-state index is 13.2. The first-order valence-corrected chi connectivity index (χ1v) is 11.3. The first-order chi connectivity index (χ1) is 14.6. The van der Waals surface area contributed by atoms with Crippen LogP contribution in [-0.4, -0.2) is 84.6 Å². The molecule has 1 fully saturated rings. The molecule has 176 valence electrons. The second-order valence-electron chi connectivity index (χ2n) is 8.71. The van der Waals surface area contributed by atoms with Crippen LogP contribution in [-0.2, 0) is 19.2 Å². The van der Waals surface area contributed by atoms with E-state index in [2.05, 4.69) is 12.2 Å². The Hall–Kier alpha value is -2.38. The Morgan fingerprint density at radius 3 is 2.45 bits per heavy atom. The number of rotatable bonds is 12. The van der Waals surface area contributed by atoms with E-state index in [1.807, 2.05) is 20.9 Å². The van der Waals surface area contributed by atoms with Crippen molar-refractivity contribution in [2.24, 2.45) is 5.92 Å². The van der Waals surface area contributed by atoms with Crippen LogP contribution in [0.2, 0.25) is 0 Å². The fraction of sp³-hybridized carbons (Fsp3) is 0.739. The van der Waals surface area contributed by atoms with Crippen LogP contribution in [0.3, 0.4) is 0 Å². The van der Waals surface area contributed by atoms with Gasteiger partial charge in [0.1, 0.15) is 6.04 Å². The Labute approximate surface area is 187 Å². The van der Waals surface area contributed by atoms with Crippen molar-refractivity contribution >= 4 is 24.1 Å². The van der Waals surface area contributed by atoms with Gasteiger partial charge in [-0.1, -0.05) is 39.7 Å². The largest absolute Gasteiger partial charge is 0.350 e. The zero-order valence-corrected chi connectivity index (χ0v) is 20.0. The van der Waals surface area contributed by atoms with Crippen LogP contribution in [0.15, 0.2) is 11.6 Å². The smallest absolute Gasteiger partial charge is 0.249 e. The molecule has 0 spiro atoms. The van der Waals surface area contributed by atoms with Crippen molar-refractivity contribution in [1.29, 1.82) is 0 Å². The Morgan fingerprint density at radius 1 is 1.19 bits per heavy atom. The fourth-order valence-corrected chi connectivity index (χ4v) is 3.96. The molecule has 0 radical (unpaired) electrons. The normalized spacial score (nSPS) is 17.5. The molecule has 8 heteroatoms. The zero-order chi connectivity index (χ0) is 23.6. The lowest BCUT2D eigenvalue weighted by molar-refractivity contribution is -0.141. The van der Waals surface area contributed by atoms with Crippen molar-refractivity contribution in [1.82, 2.24) is 20.0 Å². The van der Waals surface area contributed by atoms with Crippen LogP contribution in [0.4, 0.5) is 0 Å². The first-order valence-electron chi connectivity index (χ1n) is 11.3. The number of nitrogens with zero attached hydrogens (tertiary/aromatic N) is 3. The highest BCUT2D eigenvalue weighted by molar-refractivity contribution is 5.97. The maximum absolute atomic E-state index is 13.2. The second kappa shape index (κ2) is 13.1. The molecule has 1 rings (SSSR count). The van der Waals surface area contributed by atoms with Gasteiger partial charge < -0.3 is 20.0 Å². The predicted octanol–water partition coefficient (Wildman–Crippen LogP) is 1.80. The number of likely N-dealkylation sites (tertiary alicyclic amines) is 1. The Balaban J connectivity index is 2.92. The molecule has 31 heavy (non-hydrogen) atoms. The summed E-state index contributed by atoms with van der Waals surface area (Å²) in [6.07, 6.45) is 6.92. The lowest BCUT2D eigenvalue weighted by atomic mass is 9.99. The third-order valence-electron chi connectivity index (χ3n) is 5.89. The SMILES string of the molecule is CCCCCN(C)C(=O)[C@@H]1CCCN1C(=O)/C(C)=C/[C@H](C(C)C)N(C)C(=O)CNC=O. The van der Waals surface area contributed by atoms with Crippen LogP contribution >= 0.6 is 0 Å². The van der Waals surface area contributed by atoms with Crippen LogP contribution in [0.1, 0.15) is 59.8 Å². The highest BCUT2D eigenvalue weighted by Crippen LogP contribution is 2.23. The summed E-state index contributed by atoms with van der Waals surface area (Å²) in [6.45, 7) is 9.00. The van der Waals surface area contributed by atoms with E-state index in [0.717, 1.165) is 25.7 Å². The molecule has 1 N–H and O–H groups in total.